The second kappa shape index (κ2) is 7.01. The van der Waals surface area contributed by atoms with Crippen LogP contribution in [0.1, 0.15) is 50.6 Å². The summed E-state index contributed by atoms with van der Waals surface area (Å²) in [5, 5.41) is 13.3. The third-order valence-corrected chi connectivity index (χ3v) is 4.11. The van der Waals surface area contributed by atoms with Crippen molar-refractivity contribution in [2.24, 2.45) is 5.92 Å². The Morgan fingerprint density at radius 2 is 1.89 bits per heavy atom. The van der Waals surface area contributed by atoms with E-state index in [1.165, 1.54) is 37.8 Å². The van der Waals surface area contributed by atoms with Gasteiger partial charge in [-0.3, -0.25) is 0 Å². The summed E-state index contributed by atoms with van der Waals surface area (Å²) < 4.78 is 12.8. The lowest BCUT2D eigenvalue weighted by molar-refractivity contribution is 0.137. The van der Waals surface area contributed by atoms with Crippen LogP contribution in [0.2, 0.25) is 0 Å². The van der Waals surface area contributed by atoms with E-state index in [0.717, 1.165) is 12.0 Å². The summed E-state index contributed by atoms with van der Waals surface area (Å²) in [6.45, 7) is 2.64. The zero-order chi connectivity index (χ0) is 13.7. The number of nitrogens with one attached hydrogen (secondary N) is 1. The van der Waals surface area contributed by atoms with Crippen LogP contribution >= 0.6 is 0 Å². The largest absolute Gasteiger partial charge is 0.392 e. The van der Waals surface area contributed by atoms with Crippen LogP contribution in [0.5, 0.6) is 0 Å². The van der Waals surface area contributed by atoms with Crippen LogP contribution in [0, 0.1) is 11.7 Å². The SMILES string of the molecule is C[C@@H](NCC(O)CC1CCCC1)c1ccc(F)cc1. The highest BCUT2D eigenvalue weighted by molar-refractivity contribution is 5.19. The highest BCUT2D eigenvalue weighted by atomic mass is 19.1. The van der Waals surface area contributed by atoms with Crippen molar-refractivity contribution in [1.29, 1.82) is 0 Å². The molecular formula is C16H24FNO. The van der Waals surface area contributed by atoms with E-state index in [9.17, 15) is 9.50 Å². The Labute approximate surface area is 115 Å². The van der Waals surface area contributed by atoms with E-state index in [4.69, 9.17) is 0 Å². The van der Waals surface area contributed by atoms with Gasteiger partial charge in [0.15, 0.2) is 0 Å². The van der Waals surface area contributed by atoms with E-state index in [2.05, 4.69) is 5.32 Å². The van der Waals surface area contributed by atoms with Gasteiger partial charge in [-0.05, 0) is 37.0 Å². The van der Waals surface area contributed by atoms with Crippen molar-refractivity contribution in [1.82, 2.24) is 5.32 Å². The molecule has 1 aliphatic rings. The Bertz CT molecular complexity index is 373. The minimum Gasteiger partial charge on any atom is -0.392 e. The standard InChI is InChI=1S/C16H24FNO/c1-12(14-6-8-15(17)9-7-14)18-11-16(19)10-13-4-2-3-5-13/h6-9,12-13,16,18-19H,2-5,10-11H2,1H3/t12-,16?/m1/s1. The molecule has 0 aromatic heterocycles. The lowest BCUT2D eigenvalue weighted by atomic mass is 9.99. The molecule has 106 valence electrons. The number of hydrogen-bond acceptors (Lipinski definition) is 2. The third-order valence-electron chi connectivity index (χ3n) is 4.11. The minimum absolute atomic E-state index is 0.138. The van der Waals surface area contributed by atoms with Crippen LogP contribution in [-0.2, 0) is 0 Å². The Kier molecular flexibility index (Phi) is 5.34. The Morgan fingerprint density at radius 1 is 1.26 bits per heavy atom. The van der Waals surface area contributed by atoms with Gasteiger partial charge in [0.25, 0.3) is 0 Å². The lowest BCUT2D eigenvalue weighted by Crippen LogP contribution is -2.30. The van der Waals surface area contributed by atoms with Gasteiger partial charge >= 0.3 is 0 Å². The molecule has 1 aliphatic carbocycles. The Balaban J connectivity index is 1.73. The molecule has 0 aliphatic heterocycles. The van der Waals surface area contributed by atoms with Gasteiger partial charge in [-0.2, -0.15) is 0 Å². The smallest absolute Gasteiger partial charge is 0.123 e. The molecule has 1 fully saturated rings. The van der Waals surface area contributed by atoms with Gasteiger partial charge in [0.1, 0.15) is 5.82 Å². The van der Waals surface area contributed by atoms with Gasteiger partial charge in [0, 0.05) is 12.6 Å². The summed E-state index contributed by atoms with van der Waals surface area (Å²) in [5.41, 5.74) is 1.05. The maximum absolute atomic E-state index is 12.8. The molecule has 3 heteroatoms. The van der Waals surface area contributed by atoms with Crippen LogP contribution in [-0.4, -0.2) is 17.8 Å². The van der Waals surface area contributed by atoms with E-state index in [-0.39, 0.29) is 18.0 Å². The normalized spacial score (nSPS) is 19.5. The third kappa shape index (κ3) is 4.59. The molecule has 0 amide bonds. The van der Waals surface area contributed by atoms with Crippen molar-refractivity contribution < 1.29 is 9.50 Å². The second-order valence-electron chi connectivity index (χ2n) is 5.72. The molecule has 2 rings (SSSR count). The van der Waals surface area contributed by atoms with Gasteiger partial charge in [-0.25, -0.2) is 4.39 Å². The molecule has 2 nitrogen and oxygen atoms in total. The molecule has 0 bridgehead atoms. The molecule has 0 radical (unpaired) electrons. The highest BCUT2D eigenvalue weighted by Gasteiger charge is 2.19. The lowest BCUT2D eigenvalue weighted by Gasteiger charge is -2.19. The maximum atomic E-state index is 12.8. The summed E-state index contributed by atoms with van der Waals surface area (Å²) in [6, 6.07) is 6.66. The molecule has 0 spiro atoms. The van der Waals surface area contributed by atoms with Gasteiger partial charge in [0.05, 0.1) is 6.10 Å². The number of halogens is 1. The first kappa shape index (κ1) is 14.5. The molecule has 2 N–H and O–H groups in total. The van der Waals surface area contributed by atoms with Crippen LogP contribution in [0.15, 0.2) is 24.3 Å². The average molecular weight is 265 g/mol. The van der Waals surface area contributed by atoms with E-state index in [1.807, 2.05) is 6.92 Å². The molecule has 1 unspecified atom stereocenters. The summed E-state index contributed by atoms with van der Waals surface area (Å²) in [7, 11) is 0. The second-order valence-corrected chi connectivity index (χ2v) is 5.72. The first-order chi connectivity index (χ1) is 9.15. The first-order valence-corrected chi connectivity index (χ1v) is 7.32. The van der Waals surface area contributed by atoms with E-state index in [1.54, 1.807) is 12.1 Å². The Hall–Kier alpha value is -0.930. The van der Waals surface area contributed by atoms with Crippen LogP contribution in [0.3, 0.4) is 0 Å². The van der Waals surface area contributed by atoms with Crippen molar-refractivity contribution >= 4 is 0 Å². The summed E-state index contributed by atoms with van der Waals surface area (Å²) >= 11 is 0. The fourth-order valence-corrected chi connectivity index (χ4v) is 2.90. The Morgan fingerprint density at radius 3 is 2.53 bits per heavy atom. The van der Waals surface area contributed by atoms with E-state index >= 15 is 0 Å². The quantitative estimate of drug-likeness (QED) is 0.826. The van der Waals surface area contributed by atoms with Crippen LogP contribution in [0.4, 0.5) is 4.39 Å². The average Bonchev–Trinajstić information content (AvgIpc) is 2.89. The number of benzene rings is 1. The zero-order valence-corrected chi connectivity index (χ0v) is 11.6. The summed E-state index contributed by atoms with van der Waals surface area (Å²) in [5.74, 6) is 0.496. The molecule has 0 saturated heterocycles. The first-order valence-electron chi connectivity index (χ1n) is 7.32. The van der Waals surface area contributed by atoms with Crippen molar-refractivity contribution in [2.45, 2.75) is 51.2 Å². The molecular weight excluding hydrogens is 241 g/mol. The molecule has 2 atom stereocenters. The zero-order valence-electron chi connectivity index (χ0n) is 11.6. The fourth-order valence-electron chi connectivity index (χ4n) is 2.90. The molecule has 1 saturated carbocycles. The van der Waals surface area contributed by atoms with E-state index in [0.29, 0.717) is 12.5 Å². The molecule has 19 heavy (non-hydrogen) atoms. The molecule has 1 aromatic carbocycles. The van der Waals surface area contributed by atoms with Gasteiger partial charge in [-0.15, -0.1) is 0 Å². The van der Waals surface area contributed by atoms with Gasteiger partial charge < -0.3 is 10.4 Å². The van der Waals surface area contributed by atoms with Crippen LogP contribution < -0.4 is 5.32 Å². The van der Waals surface area contributed by atoms with E-state index < -0.39 is 0 Å². The van der Waals surface area contributed by atoms with Gasteiger partial charge in [-0.1, -0.05) is 37.8 Å². The van der Waals surface area contributed by atoms with Crippen molar-refractivity contribution in [3.05, 3.63) is 35.6 Å². The molecule has 0 heterocycles. The number of aliphatic hydroxyl groups excluding tert-OH is 1. The summed E-state index contributed by atoms with van der Waals surface area (Å²) in [4.78, 5) is 0. The van der Waals surface area contributed by atoms with Crippen LogP contribution in [0.25, 0.3) is 0 Å². The maximum Gasteiger partial charge on any atom is 0.123 e. The summed E-state index contributed by atoms with van der Waals surface area (Å²) in [6.07, 6.45) is 5.80. The van der Waals surface area contributed by atoms with Gasteiger partial charge in [0.2, 0.25) is 0 Å². The monoisotopic (exact) mass is 265 g/mol. The highest BCUT2D eigenvalue weighted by Crippen LogP contribution is 2.28. The topological polar surface area (TPSA) is 32.3 Å². The fraction of sp³-hybridized carbons (Fsp3) is 0.625. The van der Waals surface area contributed by atoms with Crippen molar-refractivity contribution in [3.63, 3.8) is 0 Å². The van der Waals surface area contributed by atoms with Crippen molar-refractivity contribution in [2.75, 3.05) is 6.54 Å². The predicted molar refractivity (Wildman–Crippen MR) is 75.4 cm³/mol. The minimum atomic E-state index is -0.272. The number of hydrogen-bond donors (Lipinski definition) is 2. The predicted octanol–water partition coefficient (Wildman–Crippen LogP) is 3.42. The van der Waals surface area contributed by atoms with Crippen molar-refractivity contribution in [3.8, 4) is 0 Å². The molecule has 1 aromatic rings. The number of aliphatic hydroxyl groups is 1. The number of rotatable bonds is 6.